The molecule has 0 spiro atoms. The second kappa shape index (κ2) is 7.73. The Hall–Kier alpha value is -1.97. The summed E-state index contributed by atoms with van der Waals surface area (Å²) in [6, 6.07) is 10.6. The largest absolute Gasteiger partial charge is 0.347 e. The first-order valence-electron chi connectivity index (χ1n) is 8.21. The Kier molecular flexibility index (Phi) is 5.59. The van der Waals surface area contributed by atoms with Crippen LogP contribution in [0, 0.1) is 5.82 Å². The molecule has 0 aliphatic carbocycles. The number of carbonyl (C=O) groups is 2. The smallest absolute Gasteiger partial charge is 0.249 e. The first kappa shape index (κ1) is 18.8. The maximum Gasteiger partial charge on any atom is 0.249 e. The van der Waals surface area contributed by atoms with Gasteiger partial charge >= 0.3 is 0 Å². The van der Waals surface area contributed by atoms with E-state index in [1.54, 1.807) is 12.1 Å². The standard InChI is InChI=1S/C19H19ClFN2O2P/c1-26(2)16-6-4-3-5-12(16)13-7-8-15(18(21)17(13)20)23-10-9-14(19(23)25)22-11-24/h3-8,11,14H,9-10H2,1-2H3,(H,22,24). The molecule has 0 saturated carbocycles. The van der Waals surface area contributed by atoms with Crippen LogP contribution in [0.3, 0.4) is 0 Å². The highest BCUT2D eigenvalue weighted by molar-refractivity contribution is 7.64. The summed E-state index contributed by atoms with van der Waals surface area (Å²) in [5.41, 5.74) is 1.67. The molecule has 1 saturated heterocycles. The van der Waals surface area contributed by atoms with Gasteiger partial charge in [-0.3, -0.25) is 9.59 Å². The molecule has 1 N–H and O–H groups in total. The summed E-state index contributed by atoms with van der Waals surface area (Å²) in [6.45, 7) is 4.61. The van der Waals surface area contributed by atoms with Crippen molar-refractivity contribution in [3.63, 3.8) is 0 Å². The Morgan fingerprint density at radius 3 is 2.65 bits per heavy atom. The minimum atomic E-state index is -0.616. The average molecular weight is 393 g/mol. The van der Waals surface area contributed by atoms with Crippen molar-refractivity contribution < 1.29 is 14.0 Å². The molecule has 3 rings (SSSR count). The van der Waals surface area contributed by atoms with E-state index >= 15 is 4.39 Å². The molecular formula is C19H19ClFN2O2P. The lowest BCUT2D eigenvalue weighted by Gasteiger charge is -2.20. The van der Waals surface area contributed by atoms with E-state index in [9.17, 15) is 9.59 Å². The van der Waals surface area contributed by atoms with Crippen molar-refractivity contribution in [2.75, 3.05) is 24.8 Å². The summed E-state index contributed by atoms with van der Waals surface area (Å²) in [5, 5.41) is 3.61. The average Bonchev–Trinajstić information content (AvgIpc) is 2.98. The monoisotopic (exact) mass is 392 g/mol. The van der Waals surface area contributed by atoms with Crippen molar-refractivity contribution in [3.05, 3.63) is 47.2 Å². The number of carbonyl (C=O) groups excluding carboxylic acids is 2. The summed E-state index contributed by atoms with van der Waals surface area (Å²) in [4.78, 5) is 24.3. The first-order chi connectivity index (χ1) is 12.5. The van der Waals surface area contributed by atoms with Gasteiger partial charge in [-0.25, -0.2) is 4.39 Å². The van der Waals surface area contributed by atoms with Crippen molar-refractivity contribution in [2.45, 2.75) is 12.5 Å². The molecule has 26 heavy (non-hydrogen) atoms. The lowest BCUT2D eigenvalue weighted by Crippen LogP contribution is -2.37. The number of halogens is 2. The highest BCUT2D eigenvalue weighted by Gasteiger charge is 2.34. The summed E-state index contributed by atoms with van der Waals surface area (Å²) < 4.78 is 15.0. The summed E-state index contributed by atoms with van der Waals surface area (Å²) >= 11 is 6.36. The Balaban J connectivity index is 2.01. The quantitative estimate of drug-likeness (QED) is 0.626. The van der Waals surface area contributed by atoms with Gasteiger partial charge in [0.15, 0.2) is 5.82 Å². The van der Waals surface area contributed by atoms with Crippen LogP contribution in [0.1, 0.15) is 6.42 Å². The molecule has 7 heteroatoms. The first-order valence-corrected chi connectivity index (χ1v) is 10.8. The molecule has 1 unspecified atom stereocenters. The van der Waals surface area contributed by atoms with Crippen molar-refractivity contribution in [3.8, 4) is 11.1 Å². The lowest BCUT2D eigenvalue weighted by atomic mass is 10.0. The van der Waals surface area contributed by atoms with E-state index in [0.29, 0.717) is 24.9 Å². The molecule has 1 atom stereocenters. The van der Waals surface area contributed by atoms with Gasteiger partial charge in [0.05, 0.1) is 10.7 Å². The predicted octanol–water partition coefficient (Wildman–Crippen LogP) is 3.36. The van der Waals surface area contributed by atoms with Crippen LogP contribution in [0.15, 0.2) is 36.4 Å². The second-order valence-corrected chi connectivity index (χ2v) is 8.94. The van der Waals surface area contributed by atoms with Crippen LogP contribution >= 0.6 is 19.5 Å². The van der Waals surface area contributed by atoms with Gasteiger partial charge in [-0.15, -0.1) is 0 Å². The molecule has 2 amide bonds. The van der Waals surface area contributed by atoms with Gasteiger partial charge in [0.2, 0.25) is 12.3 Å². The molecule has 0 radical (unpaired) electrons. The molecular weight excluding hydrogens is 374 g/mol. The van der Waals surface area contributed by atoms with Gasteiger partial charge in [-0.05, 0) is 36.7 Å². The Labute approximate surface area is 158 Å². The minimum Gasteiger partial charge on any atom is -0.347 e. The SMILES string of the molecule is CP(C)c1ccccc1-c1ccc(N2CCC(NC=O)C2=O)c(F)c1Cl. The highest BCUT2D eigenvalue weighted by atomic mass is 35.5. The summed E-state index contributed by atoms with van der Waals surface area (Å²) in [5.74, 6) is -0.943. The van der Waals surface area contributed by atoms with Crippen molar-refractivity contribution >= 4 is 42.8 Å². The third kappa shape index (κ3) is 3.34. The maximum atomic E-state index is 15.0. The van der Waals surface area contributed by atoms with Crippen LogP contribution in [0.4, 0.5) is 10.1 Å². The fourth-order valence-electron chi connectivity index (χ4n) is 3.20. The van der Waals surface area contributed by atoms with Crippen LogP contribution in [-0.4, -0.2) is 38.2 Å². The van der Waals surface area contributed by atoms with Gasteiger partial charge in [-0.1, -0.05) is 49.9 Å². The number of hydrogen-bond acceptors (Lipinski definition) is 2. The van der Waals surface area contributed by atoms with Gasteiger partial charge in [-0.2, -0.15) is 0 Å². The van der Waals surface area contributed by atoms with Crippen molar-refractivity contribution in [1.29, 1.82) is 0 Å². The van der Waals surface area contributed by atoms with Crippen LogP contribution in [0.5, 0.6) is 0 Å². The highest BCUT2D eigenvalue weighted by Crippen LogP contribution is 2.38. The zero-order chi connectivity index (χ0) is 18.8. The zero-order valence-corrected chi connectivity index (χ0v) is 16.2. The molecule has 4 nitrogen and oxygen atoms in total. The number of benzene rings is 2. The van der Waals surface area contributed by atoms with E-state index in [1.165, 1.54) is 4.90 Å². The van der Waals surface area contributed by atoms with Gasteiger partial charge in [0.1, 0.15) is 6.04 Å². The topological polar surface area (TPSA) is 49.4 Å². The normalized spacial score (nSPS) is 17.0. The Bertz CT molecular complexity index is 859. The van der Waals surface area contributed by atoms with E-state index in [2.05, 4.69) is 18.6 Å². The van der Waals surface area contributed by atoms with E-state index in [4.69, 9.17) is 11.6 Å². The third-order valence-corrected chi connectivity index (χ3v) is 6.23. The number of amides is 2. The number of rotatable bonds is 5. The molecule has 1 heterocycles. The molecule has 136 valence electrons. The lowest BCUT2D eigenvalue weighted by molar-refractivity contribution is -0.121. The van der Waals surface area contributed by atoms with Crippen LogP contribution in [0.2, 0.25) is 5.02 Å². The third-order valence-electron chi connectivity index (χ3n) is 4.50. The molecule has 1 aliphatic rings. The number of nitrogens with one attached hydrogen (secondary N) is 1. The molecule has 2 aromatic rings. The maximum absolute atomic E-state index is 15.0. The Morgan fingerprint density at radius 2 is 1.96 bits per heavy atom. The zero-order valence-electron chi connectivity index (χ0n) is 14.5. The van der Waals surface area contributed by atoms with Gasteiger partial charge in [0, 0.05) is 12.1 Å². The van der Waals surface area contributed by atoms with E-state index < -0.39 is 11.9 Å². The van der Waals surface area contributed by atoms with Crippen molar-refractivity contribution in [2.24, 2.45) is 0 Å². The second-order valence-electron chi connectivity index (χ2n) is 6.29. The van der Waals surface area contributed by atoms with E-state index in [-0.39, 0.29) is 24.5 Å². The summed E-state index contributed by atoms with van der Waals surface area (Å²) in [6.07, 6.45) is 0.929. The van der Waals surface area contributed by atoms with E-state index in [1.807, 2.05) is 24.3 Å². The van der Waals surface area contributed by atoms with Gasteiger partial charge in [0.25, 0.3) is 0 Å². The number of nitrogens with zero attached hydrogens (tertiary/aromatic N) is 1. The van der Waals surface area contributed by atoms with Crippen molar-refractivity contribution in [1.82, 2.24) is 5.32 Å². The number of anilines is 1. The molecule has 2 aromatic carbocycles. The van der Waals surface area contributed by atoms with Crippen LogP contribution < -0.4 is 15.5 Å². The van der Waals surface area contributed by atoms with E-state index in [0.717, 1.165) is 10.9 Å². The molecule has 1 aliphatic heterocycles. The van der Waals surface area contributed by atoms with Crippen LogP contribution in [-0.2, 0) is 9.59 Å². The fraction of sp³-hybridized carbons (Fsp3) is 0.263. The minimum absolute atomic E-state index is 0.00592. The summed E-state index contributed by atoms with van der Waals surface area (Å²) in [7, 11) is -0.383. The molecule has 0 bridgehead atoms. The number of hydrogen-bond donors (Lipinski definition) is 1. The Morgan fingerprint density at radius 1 is 1.23 bits per heavy atom. The molecule has 1 fully saturated rings. The predicted molar refractivity (Wildman–Crippen MR) is 105 cm³/mol. The van der Waals surface area contributed by atoms with Crippen LogP contribution in [0.25, 0.3) is 11.1 Å². The van der Waals surface area contributed by atoms with Gasteiger partial charge < -0.3 is 10.2 Å². The molecule has 0 aromatic heterocycles. The fourth-order valence-corrected chi connectivity index (χ4v) is 4.53.